The third kappa shape index (κ3) is 6.92. The Morgan fingerprint density at radius 2 is 1.67 bits per heavy atom. The normalized spacial score (nSPS) is 9.17. The van der Waals surface area contributed by atoms with E-state index in [1.165, 1.54) is 13.8 Å². The monoisotopic (exact) mass is 172 g/mol. The average molecular weight is 172 g/mol. The van der Waals surface area contributed by atoms with Crippen LogP contribution >= 0.6 is 0 Å². The van der Waals surface area contributed by atoms with E-state index in [1.807, 2.05) is 0 Å². The topological polar surface area (TPSA) is 60.4 Å². The summed E-state index contributed by atoms with van der Waals surface area (Å²) in [5.41, 5.74) is 0. The van der Waals surface area contributed by atoms with E-state index in [1.54, 1.807) is 0 Å². The number of hydrogen-bond donors (Lipinski definition) is 0. The largest absolute Gasteiger partial charge is 0.458 e. The summed E-state index contributed by atoms with van der Waals surface area (Å²) in [5, 5.41) is 0. The second-order valence-electron chi connectivity index (χ2n) is 2.52. The molecule has 4 nitrogen and oxygen atoms in total. The van der Waals surface area contributed by atoms with Crippen molar-refractivity contribution in [2.45, 2.75) is 26.7 Å². The Morgan fingerprint density at radius 3 is 2.08 bits per heavy atom. The summed E-state index contributed by atoms with van der Waals surface area (Å²) in [7, 11) is 0. The SMILES string of the molecule is CC(=O)CCC(=O)COC(C)=O. The first-order chi connectivity index (χ1) is 5.52. The van der Waals surface area contributed by atoms with Crippen molar-refractivity contribution in [3.05, 3.63) is 0 Å². The molecule has 0 fully saturated rings. The predicted molar refractivity (Wildman–Crippen MR) is 41.6 cm³/mol. The molecular formula is C8H12O4. The maximum atomic E-state index is 10.8. The van der Waals surface area contributed by atoms with Gasteiger partial charge in [-0.05, 0) is 6.92 Å². The molecule has 68 valence electrons. The smallest absolute Gasteiger partial charge is 0.303 e. The Kier molecular flexibility index (Phi) is 4.92. The molecule has 0 heterocycles. The van der Waals surface area contributed by atoms with Crippen molar-refractivity contribution >= 4 is 17.5 Å². The maximum absolute atomic E-state index is 10.8. The lowest BCUT2D eigenvalue weighted by Gasteiger charge is -1.98. The summed E-state index contributed by atoms with van der Waals surface area (Å²) in [5.74, 6) is -0.738. The lowest BCUT2D eigenvalue weighted by Crippen LogP contribution is -2.12. The van der Waals surface area contributed by atoms with Crippen molar-refractivity contribution < 1.29 is 19.1 Å². The molecule has 0 aliphatic carbocycles. The van der Waals surface area contributed by atoms with E-state index in [0.717, 1.165) is 0 Å². The number of rotatable bonds is 5. The van der Waals surface area contributed by atoms with Gasteiger partial charge in [0.15, 0.2) is 5.78 Å². The highest BCUT2D eigenvalue weighted by Gasteiger charge is 2.05. The number of carbonyl (C=O) groups is 3. The molecule has 0 radical (unpaired) electrons. The van der Waals surface area contributed by atoms with Crippen LogP contribution < -0.4 is 0 Å². The van der Waals surface area contributed by atoms with Crippen molar-refractivity contribution in [3.8, 4) is 0 Å². The summed E-state index contributed by atoms with van der Waals surface area (Å²) in [6, 6.07) is 0. The van der Waals surface area contributed by atoms with Crippen molar-refractivity contribution in [2.24, 2.45) is 0 Å². The van der Waals surface area contributed by atoms with E-state index >= 15 is 0 Å². The minimum atomic E-state index is -0.480. The highest BCUT2D eigenvalue weighted by atomic mass is 16.5. The molecule has 0 rings (SSSR count). The number of Topliss-reactive ketones (excluding diaryl/α,β-unsaturated/α-hetero) is 2. The van der Waals surface area contributed by atoms with Gasteiger partial charge in [-0.15, -0.1) is 0 Å². The fourth-order valence-corrected chi connectivity index (χ4v) is 0.570. The highest BCUT2D eigenvalue weighted by molar-refractivity contribution is 5.86. The molecule has 0 aliphatic heterocycles. The summed E-state index contributed by atoms with van der Waals surface area (Å²) < 4.78 is 4.44. The molecule has 0 aromatic heterocycles. The molecule has 0 saturated carbocycles. The molecular weight excluding hydrogens is 160 g/mol. The van der Waals surface area contributed by atoms with Crippen molar-refractivity contribution in [1.29, 1.82) is 0 Å². The van der Waals surface area contributed by atoms with Gasteiger partial charge in [0, 0.05) is 19.8 Å². The van der Waals surface area contributed by atoms with E-state index in [9.17, 15) is 14.4 Å². The molecule has 4 heteroatoms. The Morgan fingerprint density at radius 1 is 1.08 bits per heavy atom. The van der Waals surface area contributed by atoms with E-state index in [4.69, 9.17) is 0 Å². The summed E-state index contributed by atoms with van der Waals surface area (Å²) in [4.78, 5) is 31.5. The van der Waals surface area contributed by atoms with Crippen LogP contribution in [0.4, 0.5) is 0 Å². The zero-order valence-corrected chi connectivity index (χ0v) is 7.25. The van der Waals surface area contributed by atoms with Crippen LogP contribution in [-0.2, 0) is 19.1 Å². The van der Waals surface area contributed by atoms with E-state index in [2.05, 4.69) is 4.74 Å². The van der Waals surface area contributed by atoms with E-state index < -0.39 is 5.97 Å². The minimum absolute atomic E-state index is 0.0359. The van der Waals surface area contributed by atoms with Gasteiger partial charge in [0.1, 0.15) is 12.4 Å². The number of hydrogen-bond acceptors (Lipinski definition) is 4. The molecule has 0 spiro atoms. The van der Waals surface area contributed by atoms with Gasteiger partial charge in [-0.1, -0.05) is 0 Å². The molecule has 0 atom stereocenters. The third-order valence-corrected chi connectivity index (χ3v) is 1.19. The highest BCUT2D eigenvalue weighted by Crippen LogP contribution is 1.93. The number of carbonyl (C=O) groups excluding carboxylic acids is 3. The van der Waals surface area contributed by atoms with Crippen molar-refractivity contribution in [3.63, 3.8) is 0 Å². The van der Waals surface area contributed by atoms with Crippen molar-refractivity contribution in [1.82, 2.24) is 0 Å². The zero-order chi connectivity index (χ0) is 9.56. The molecule has 0 aromatic carbocycles. The molecule has 0 aliphatic rings. The van der Waals surface area contributed by atoms with Gasteiger partial charge in [0.25, 0.3) is 0 Å². The Bertz CT molecular complexity index is 175. The second-order valence-corrected chi connectivity index (χ2v) is 2.52. The van der Waals surface area contributed by atoms with E-state index in [-0.39, 0.29) is 31.0 Å². The lowest BCUT2D eigenvalue weighted by molar-refractivity contribution is -0.145. The van der Waals surface area contributed by atoms with Gasteiger partial charge in [-0.3, -0.25) is 9.59 Å². The Labute approximate surface area is 70.9 Å². The van der Waals surface area contributed by atoms with Crippen LogP contribution in [0.25, 0.3) is 0 Å². The van der Waals surface area contributed by atoms with Crippen LogP contribution in [0.5, 0.6) is 0 Å². The molecule has 0 amide bonds. The fraction of sp³-hybridized carbons (Fsp3) is 0.625. The lowest BCUT2D eigenvalue weighted by atomic mass is 10.2. The molecule has 0 bridgehead atoms. The standard InChI is InChI=1S/C8H12O4/c1-6(9)3-4-8(11)5-12-7(2)10/h3-5H2,1-2H3. The predicted octanol–water partition coefficient (Wildman–Crippen LogP) is 0.488. The molecule has 12 heavy (non-hydrogen) atoms. The van der Waals surface area contributed by atoms with Crippen LogP contribution in [-0.4, -0.2) is 24.1 Å². The average Bonchev–Trinajstić information content (AvgIpc) is 1.96. The Hall–Kier alpha value is -1.19. The molecule has 0 unspecified atom stereocenters. The summed E-state index contributed by atoms with van der Waals surface area (Å²) >= 11 is 0. The minimum Gasteiger partial charge on any atom is -0.458 e. The first kappa shape index (κ1) is 10.8. The van der Waals surface area contributed by atoms with Crippen molar-refractivity contribution in [2.75, 3.05) is 6.61 Å². The first-order valence-corrected chi connectivity index (χ1v) is 3.67. The van der Waals surface area contributed by atoms with Crippen LogP contribution in [0.2, 0.25) is 0 Å². The van der Waals surface area contributed by atoms with Gasteiger partial charge >= 0.3 is 5.97 Å². The first-order valence-electron chi connectivity index (χ1n) is 3.67. The fourth-order valence-electron chi connectivity index (χ4n) is 0.570. The molecule has 0 aromatic rings. The van der Waals surface area contributed by atoms with Gasteiger partial charge in [-0.25, -0.2) is 0 Å². The zero-order valence-electron chi connectivity index (χ0n) is 7.25. The quantitative estimate of drug-likeness (QED) is 0.566. The van der Waals surface area contributed by atoms with Gasteiger partial charge in [0.05, 0.1) is 0 Å². The molecule has 0 saturated heterocycles. The summed E-state index contributed by atoms with van der Waals surface area (Å²) in [6.45, 7) is 2.43. The Balaban J connectivity index is 3.47. The van der Waals surface area contributed by atoms with Gasteiger partial charge in [-0.2, -0.15) is 0 Å². The van der Waals surface area contributed by atoms with E-state index in [0.29, 0.717) is 0 Å². The van der Waals surface area contributed by atoms with Crippen LogP contribution in [0, 0.1) is 0 Å². The van der Waals surface area contributed by atoms with Crippen LogP contribution in [0.1, 0.15) is 26.7 Å². The van der Waals surface area contributed by atoms with Gasteiger partial charge in [0.2, 0.25) is 0 Å². The second kappa shape index (κ2) is 5.46. The number of esters is 1. The maximum Gasteiger partial charge on any atom is 0.303 e. The summed E-state index contributed by atoms with van der Waals surface area (Å²) in [6.07, 6.45) is 0.378. The van der Waals surface area contributed by atoms with Gasteiger partial charge < -0.3 is 9.53 Å². The van der Waals surface area contributed by atoms with Crippen LogP contribution in [0.15, 0.2) is 0 Å². The van der Waals surface area contributed by atoms with Crippen LogP contribution in [0.3, 0.4) is 0 Å². The molecule has 0 N–H and O–H groups in total. The third-order valence-electron chi connectivity index (χ3n) is 1.19. The number of ketones is 2. The number of ether oxygens (including phenoxy) is 1.